The lowest BCUT2D eigenvalue weighted by Gasteiger charge is -2.18. The number of carbonyl (C=O) groups is 1. The summed E-state index contributed by atoms with van der Waals surface area (Å²) >= 11 is 0. The first-order valence-corrected chi connectivity index (χ1v) is 4.98. The average molecular weight is 206 g/mol. The van der Waals surface area contributed by atoms with Gasteiger partial charge in [0.15, 0.2) is 0 Å². The first-order valence-electron chi connectivity index (χ1n) is 4.98. The highest BCUT2D eigenvalue weighted by Gasteiger charge is 2.21. The van der Waals surface area contributed by atoms with E-state index in [0.29, 0.717) is 0 Å². The van der Waals surface area contributed by atoms with E-state index >= 15 is 0 Å². The van der Waals surface area contributed by atoms with Crippen molar-refractivity contribution in [1.29, 1.82) is 0 Å². The lowest BCUT2D eigenvalue weighted by molar-refractivity contribution is -0.120. The van der Waals surface area contributed by atoms with Gasteiger partial charge in [-0.25, -0.2) is 0 Å². The van der Waals surface area contributed by atoms with Crippen molar-refractivity contribution in [2.45, 2.75) is 33.2 Å². The third kappa shape index (κ3) is 3.06. The van der Waals surface area contributed by atoms with Crippen molar-refractivity contribution in [1.82, 2.24) is 0 Å². The Hall–Kier alpha value is -1.35. The highest BCUT2D eigenvalue weighted by Crippen LogP contribution is 2.15. The zero-order chi connectivity index (χ0) is 11.6. The van der Waals surface area contributed by atoms with Crippen molar-refractivity contribution in [3.05, 3.63) is 29.3 Å². The van der Waals surface area contributed by atoms with Crippen molar-refractivity contribution in [3.8, 4) is 0 Å². The first kappa shape index (κ1) is 11.7. The number of hydrogen-bond donors (Lipinski definition) is 2. The Morgan fingerprint density at radius 2 is 1.87 bits per heavy atom. The summed E-state index contributed by atoms with van der Waals surface area (Å²) in [5, 5.41) is 2.79. The highest BCUT2D eigenvalue weighted by molar-refractivity contribution is 5.97. The van der Waals surface area contributed by atoms with Gasteiger partial charge in [-0.2, -0.15) is 0 Å². The van der Waals surface area contributed by atoms with Crippen LogP contribution >= 0.6 is 0 Å². The summed E-state index contributed by atoms with van der Waals surface area (Å²) < 4.78 is 0. The van der Waals surface area contributed by atoms with Crippen molar-refractivity contribution in [2.24, 2.45) is 5.73 Å². The Morgan fingerprint density at radius 3 is 2.33 bits per heavy atom. The van der Waals surface area contributed by atoms with E-state index in [1.807, 2.05) is 32.0 Å². The fraction of sp³-hybridized carbons (Fsp3) is 0.417. The average Bonchev–Trinajstić information content (AvgIpc) is 2.10. The van der Waals surface area contributed by atoms with Crippen molar-refractivity contribution in [2.75, 3.05) is 5.32 Å². The van der Waals surface area contributed by atoms with Gasteiger partial charge in [-0.1, -0.05) is 6.07 Å². The zero-order valence-corrected chi connectivity index (χ0v) is 9.72. The lowest BCUT2D eigenvalue weighted by Crippen LogP contribution is -2.45. The second kappa shape index (κ2) is 4.03. The first-order chi connectivity index (χ1) is 6.80. The minimum absolute atomic E-state index is 0.175. The molecule has 1 aromatic rings. The van der Waals surface area contributed by atoms with E-state index < -0.39 is 5.54 Å². The molecule has 0 spiro atoms. The number of hydrogen-bond acceptors (Lipinski definition) is 2. The van der Waals surface area contributed by atoms with Gasteiger partial charge in [-0.05, 0) is 51.0 Å². The number of amides is 1. The third-order valence-corrected chi connectivity index (χ3v) is 2.35. The molecule has 0 aromatic heterocycles. The summed E-state index contributed by atoms with van der Waals surface area (Å²) in [6.07, 6.45) is 0. The molecule has 0 saturated heterocycles. The number of anilines is 1. The van der Waals surface area contributed by atoms with E-state index in [1.165, 1.54) is 5.56 Å². The van der Waals surface area contributed by atoms with Crippen LogP contribution in [-0.4, -0.2) is 11.4 Å². The van der Waals surface area contributed by atoms with Gasteiger partial charge in [-0.3, -0.25) is 4.79 Å². The topological polar surface area (TPSA) is 55.1 Å². The number of aryl methyl sites for hydroxylation is 2. The van der Waals surface area contributed by atoms with Gasteiger partial charge in [-0.15, -0.1) is 0 Å². The fourth-order valence-electron chi connectivity index (χ4n) is 1.11. The molecule has 0 radical (unpaired) electrons. The Labute approximate surface area is 90.7 Å². The van der Waals surface area contributed by atoms with Gasteiger partial charge in [0, 0.05) is 5.69 Å². The van der Waals surface area contributed by atoms with Crippen LogP contribution in [0.15, 0.2) is 18.2 Å². The minimum Gasteiger partial charge on any atom is -0.325 e. The van der Waals surface area contributed by atoms with Gasteiger partial charge in [0.1, 0.15) is 0 Å². The van der Waals surface area contributed by atoms with Crippen LogP contribution in [0.1, 0.15) is 25.0 Å². The molecule has 0 aliphatic carbocycles. The number of nitrogens with one attached hydrogen (secondary N) is 1. The molecule has 82 valence electrons. The minimum atomic E-state index is -0.848. The molecular weight excluding hydrogens is 188 g/mol. The monoisotopic (exact) mass is 206 g/mol. The molecule has 15 heavy (non-hydrogen) atoms. The maximum atomic E-state index is 11.6. The Balaban J connectivity index is 2.83. The highest BCUT2D eigenvalue weighted by atomic mass is 16.2. The summed E-state index contributed by atoms with van der Waals surface area (Å²) in [5.41, 5.74) is 7.99. The van der Waals surface area contributed by atoms with Crippen LogP contribution < -0.4 is 11.1 Å². The van der Waals surface area contributed by atoms with Gasteiger partial charge in [0.2, 0.25) is 5.91 Å². The largest absolute Gasteiger partial charge is 0.325 e. The van der Waals surface area contributed by atoms with Crippen LogP contribution in [0.4, 0.5) is 5.69 Å². The molecule has 0 heterocycles. The number of carbonyl (C=O) groups excluding carboxylic acids is 1. The van der Waals surface area contributed by atoms with Gasteiger partial charge in [0.05, 0.1) is 5.54 Å². The molecule has 3 N–H and O–H groups in total. The van der Waals surface area contributed by atoms with E-state index in [1.54, 1.807) is 13.8 Å². The summed E-state index contributed by atoms with van der Waals surface area (Å²) in [5.74, 6) is -0.175. The van der Waals surface area contributed by atoms with E-state index in [2.05, 4.69) is 5.32 Å². The molecule has 3 nitrogen and oxygen atoms in total. The van der Waals surface area contributed by atoms with E-state index in [4.69, 9.17) is 5.73 Å². The summed E-state index contributed by atoms with van der Waals surface area (Å²) in [4.78, 5) is 11.6. The molecule has 1 amide bonds. The van der Waals surface area contributed by atoms with Crippen molar-refractivity contribution >= 4 is 11.6 Å². The van der Waals surface area contributed by atoms with E-state index in [9.17, 15) is 4.79 Å². The van der Waals surface area contributed by atoms with Crippen LogP contribution in [-0.2, 0) is 4.79 Å². The smallest absolute Gasteiger partial charge is 0.243 e. The SMILES string of the molecule is Cc1ccc(NC(=O)C(C)(C)N)cc1C. The second-order valence-corrected chi connectivity index (χ2v) is 4.47. The van der Waals surface area contributed by atoms with Crippen LogP contribution in [0.3, 0.4) is 0 Å². The maximum Gasteiger partial charge on any atom is 0.243 e. The van der Waals surface area contributed by atoms with E-state index in [-0.39, 0.29) is 5.91 Å². The number of benzene rings is 1. The molecule has 0 atom stereocenters. The number of nitrogens with two attached hydrogens (primary N) is 1. The lowest BCUT2D eigenvalue weighted by atomic mass is 10.1. The van der Waals surface area contributed by atoms with Crippen LogP contribution in [0.5, 0.6) is 0 Å². The number of rotatable bonds is 2. The van der Waals surface area contributed by atoms with Crippen molar-refractivity contribution in [3.63, 3.8) is 0 Å². The third-order valence-electron chi connectivity index (χ3n) is 2.35. The fourth-order valence-corrected chi connectivity index (χ4v) is 1.11. The van der Waals surface area contributed by atoms with Gasteiger partial charge >= 0.3 is 0 Å². The molecular formula is C12H18N2O. The predicted molar refractivity (Wildman–Crippen MR) is 62.8 cm³/mol. The molecule has 0 aliphatic heterocycles. The van der Waals surface area contributed by atoms with Crippen LogP contribution in [0.25, 0.3) is 0 Å². The predicted octanol–water partition coefficient (Wildman–Crippen LogP) is 1.98. The molecule has 0 fully saturated rings. The standard InChI is InChI=1S/C12H18N2O/c1-8-5-6-10(7-9(8)2)14-11(15)12(3,4)13/h5-7H,13H2,1-4H3,(H,14,15). The zero-order valence-electron chi connectivity index (χ0n) is 9.72. The summed E-state index contributed by atoms with van der Waals surface area (Å²) in [6, 6.07) is 5.80. The Bertz CT molecular complexity index is 378. The summed E-state index contributed by atoms with van der Waals surface area (Å²) in [6.45, 7) is 7.42. The summed E-state index contributed by atoms with van der Waals surface area (Å²) in [7, 11) is 0. The molecule has 3 heteroatoms. The Morgan fingerprint density at radius 1 is 1.27 bits per heavy atom. The maximum absolute atomic E-state index is 11.6. The quantitative estimate of drug-likeness (QED) is 0.777. The Kier molecular flexibility index (Phi) is 3.15. The molecule has 0 saturated carbocycles. The molecule has 1 rings (SSSR count). The second-order valence-electron chi connectivity index (χ2n) is 4.47. The van der Waals surface area contributed by atoms with Gasteiger partial charge < -0.3 is 11.1 Å². The molecule has 0 unspecified atom stereocenters. The molecule has 0 aliphatic rings. The molecule has 1 aromatic carbocycles. The van der Waals surface area contributed by atoms with Crippen molar-refractivity contribution < 1.29 is 4.79 Å². The van der Waals surface area contributed by atoms with Crippen LogP contribution in [0, 0.1) is 13.8 Å². The van der Waals surface area contributed by atoms with Gasteiger partial charge in [0.25, 0.3) is 0 Å². The van der Waals surface area contributed by atoms with E-state index in [0.717, 1.165) is 11.3 Å². The van der Waals surface area contributed by atoms with Crippen LogP contribution in [0.2, 0.25) is 0 Å². The molecule has 0 bridgehead atoms. The normalized spacial score (nSPS) is 11.3.